The fraction of sp³-hybridized carbons (Fsp3) is 0.264. The molecule has 604 valence electrons. The van der Waals surface area contributed by atoms with Crippen molar-refractivity contribution in [1.29, 1.82) is 0 Å². The second-order valence-corrected chi connectivity index (χ2v) is 32.2. The molecule has 13 nitrogen and oxygen atoms in total. The smallest absolute Gasteiger partial charge is 0.247 e. The number of nitrogens with zero attached hydrogens (tertiary/aromatic N) is 5. The normalized spacial score (nSPS) is 17.0. The molecule has 3 heterocycles. The van der Waals surface area contributed by atoms with Crippen LogP contribution in [0.4, 0.5) is 11.4 Å². The number of fused-ring (bicyclic) bond motifs is 1. The molecule has 5 unspecified atom stereocenters. The van der Waals surface area contributed by atoms with Crippen molar-refractivity contribution < 1.29 is 23.9 Å². The van der Waals surface area contributed by atoms with Crippen LogP contribution < -0.4 is 25.6 Å². The number of carbonyl (C=O) groups is 4. The number of aryl methyl sites for hydroxylation is 2. The summed E-state index contributed by atoms with van der Waals surface area (Å²) in [5, 5.41) is 9.71. The Morgan fingerprint density at radius 2 is 0.882 bits per heavy atom. The Balaban J connectivity index is 0.000000149. The average Bonchev–Trinajstić information content (AvgIpc) is 1.70. The molecule has 1 aliphatic carbocycles. The third-order valence-electron chi connectivity index (χ3n) is 23.0. The van der Waals surface area contributed by atoms with Gasteiger partial charge in [0.1, 0.15) is 42.2 Å². The number of aliphatic imine (C=N–C) groups is 2. The van der Waals surface area contributed by atoms with Crippen LogP contribution in [0.2, 0.25) is 0 Å². The highest BCUT2D eigenvalue weighted by atomic mass is 16.5. The van der Waals surface area contributed by atoms with Crippen molar-refractivity contribution >= 4 is 46.7 Å². The monoisotopic (exact) mass is 1570 g/mol. The van der Waals surface area contributed by atoms with Gasteiger partial charge < -0.3 is 30.5 Å². The van der Waals surface area contributed by atoms with Gasteiger partial charge in [0.05, 0.1) is 41.2 Å². The predicted molar refractivity (Wildman–Crippen MR) is 483 cm³/mol. The summed E-state index contributed by atoms with van der Waals surface area (Å²) in [4.78, 5) is 73.1. The maximum Gasteiger partial charge on any atom is 0.247 e. The summed E-state index contributed by atoms with van der Waals surface area (Å²) < 4.78 is 6.06. The van der Waals surface area contributed by atoms with Crippen LogP contribution in [-0.2, 0) is 51.6 Å². The average molecular weight is 1580 g/mol. The van der Waals surface area contributed by atoms with Crippen LogP contribution in [-0.4, -0.2) is 93.9 Å². The van der Waals surface area contributed by atoms with Crippen molar-refractivity contribution in [3.05, 3.63) is 413 Å². The highest BCUT2D eigenvalue weighted by Gasteiger charge is 2.47. The SMILES string of the molecule is CC(C)C1N=C(C(c2ccccc2)c2ccccc2)N(Cc2ccccc2)C1C(=O)NC1CCCCC1.CC(C)NC(=O)C1C(Cc2ccc(OCc3ccccc3)cc2)N=C(C(c2ccccc2)c2ccccc2)N1CCCc1ccccc1.O=C1Nc2ccccc2N(C(=O)C(c2ccccc2)c2ccccc2)C1CCc1ccccc1. The number of carbonyl (C=O) groups excluding carboxylic acids is 4. The van der Waals surface area contributed by atoms with Crippen LogP contribution >= 0.6 is 0 Å². The van der Waals surface area contributed by atoms with Crippen molar-refractivity contribution in [2.75, 3.05) is 16.8 Å². The van der Waals surface area contributed by atoms with Crippen molar-refractivity contribution in [2.24, 2.45) is 15.9 Å². The Labute approximate surface area is 703 Å². The Morgan fingerprint density at radius 3 is 1.37 bits per heavy atom. The molecule has 0 saturated heterocycles. The van der Waals surface area contributed by atoms with Gasteiger partial charge in [-0.2, -0.15) is 0 Å². The van der Waals surface area contributed by atoms with Gasteiger partial charge in [0.25, 0.3) is 0 Å². The predicted octanol–water partition coefficient (Wildman–Crippen LogP) is 20.6. The summed E-state index contributed by atoms with van der Waals surface area (Å²) in [5.74, 6) is 2.25. The van der Waals surface area contributed by atoms with Crippen LogP contribution in [0.3, 0.4) is 0 Å². The van der Waals surface area contributed by atoms with E-state index in [1.807, 2.05) is 153 Å². The number of benzene rings is 12. The third kappa shape index (κ3) is 21.5. The summed E-state index contributed by atoms with van der Waals surface area (Å²) in [6, 6.07) is 118. The minimum Gasteiger partial charge on any atom is -0.489 e. The van der Waals surface area contributed by atoms with Crippen LogP contribution in [0.15, 0.2) is 362 Å². The zero-order valence-electron chi connectivity index (χ0n) is 68.8. The Hall–Kier alpha value is -12.7. The number of para-hydroxylation sites is 2. The second-order valence-electron chi connectivity index (χ2n) is 32.2. The molecular weight excluding hydrogens is 1470 g/mol. The van der Waals surface area contributed by atoms with E-state index in [4.69, 9.17) is 14.7 Å². The van der Waals surface area contributed by atoms with Crippen LogP contribution in [0, 0.1) is 5.92 Å². The van der Waals surface area contributed by atoms with E-state index >= 15 is 0 Å². The molecule has 12 aromatic carbocycles. The zero-order valence-corrected chi connectivity index (χ0v) is 68.8. The topological polar surface area (TPSA) is 148 Å². The van der Waals surface area contributed by atoms with Crippen molar-refractivity contribution in [3.8, 4) is 5.75 Å². The van der Waals surface area contributed by atoms with Gasteiger partial charge in [0, 0.05) is 25.2 Å². The summed E-state index contributed by atoms with van der Waals surface area (Å²) in [7, 11) is 0. The quantitative estimate of drug-likeness (QED) is 0.0442. The van der Waals surface area contributed by atoms with Gasteiger partial charge in [-0.3, -0.25) is 34.1 Å². The first-order valence-corrected chi connectivity index (χ1v) is 42.6. The lowest BCUT2D eigenvalue weighted by atomic mass is 9.88. The Bertz CT molecular complexity index is 5100. The minimum atomic E-state index is -0.600. The number of anilines is 2. The molecule has 119 heavy (non-hydrogen) atoms. The molecular formula is C106H110N8O5. The fourth-order valence-electron chi connectivity index (χ4n) is 17.2. The molecule has 1 fully saturated rings. The lowest BCUT2D eigenvalue weighted by molar-refractivity contribution is -0.127. The number of hydrogen-bond acceptors (Lipinski definition) is 9. The lowest BCUT2D eigenvalue weighted by Gasteiger charge is -2.38. The van der Waals surface area contributed by atoms with E-state index < -0.39 is 18.0 Å². The minimum absolute atomic E-state index is 0.0217. The van der Waals surface area contributed by atoms with Gasteiger partial charge in [-0.15, -0.1) is 0 Å². The Kier molecular flexibility index (Phi) is 28.8. The number of ether oxygens (including phenoxy) is 1. The summed E-state index contributed by atoms with van der Waals surface area (Å²) in [6.45, 7) is 10.3. The summed E-state index contributed by atoms with van der Waals surface area (Å²) in [5.41, 5.74) is 13.8. The largest absolute Gasteiger partial charge is 0.489 e. The first kappa shape index (κ1) is 82.8. The highest BCUT2D eigenvalue weighted by Crippen LogP contribution is 2.41. The van der Waals surface area contributed by atoms with E-state index in [-0.39, 0.29) is 71.6 Å². The van der Waals surface area contributed by atoms with Gasteiger partial charge in [0.2, 0.25) is 23.6 Å². The number of hydrogen-bond donors (Lipinski definition) is 3. The molecule has 1 saturated carbocycles. The van der Waals surface area contributed by atoms with Crippen molar-refractivity contribution in [2.45, 2.75) is 165 Å². The molecule has 12 aromatic rings. The molecule has 5 atom stereocenters. The molecule has 0 radical (unpaired) electrons. The number of amides is 4. The molecule has 4 amide bonds. The van der Waals surface area contributed by atoms with Crippen LogP contribution in [0.25, 0.3) is 0 Å². The van der Waals surface area contributed by atoms with Gasteiger partial charge >= 0.3 is 0 Å². The molecule has 3 N–H and O–H groups in total. The lowest BCUT2D eigenvalue weighted by Crippen LogP contribution is -2.54. The number of rotatable bonds is 28. The number of nitrogens with one attached hydrogen (secondary N) is 3. The second kappa shape index (κ2) is 41.4. The molecule has 16 rings (SSSR count). The first-order chi connectivity index (χ1) is 58.4. The Morgan fingerprint density at radius 1 is 0.445 bits per heavy atom. The standard InChI is InChI=1S/C43H45N3O2.C33H39N3O.C30H26N2O2/c1-32(2)44-43(47)41-39(30-34-25-27-38(28-26-34)48-31-35-18-9-4-10-19-35)45-42(46(41)29-15-20-33-16-7-3-8-17-33)40(36-21-11-5-12-22-36)37-23-13-6-14-24-37;1-24(2)30-31(33(37)34-28-21-13-6-14-22-28)36(23-25-15-7-3-8-16-25)32(35-30)29(26-17-9-4-10-18-26)27-19-11-5-12-20-27;33-29-27(21-20-22-12-4-1-5-13-22)32(26-19-11-10-18-25(26)31-29)30(34)28(23-14-6-2-7-15-23)24-16-8-3-9-17-24/h3-14,16-19,21-28,32,39-41H,15,20,29-31H2,1-2H3,(H,44,47);3-5,7-12,15-20,24,28-31H,6,13-14,21-23H2,1-2H3,(H,34,37);1-19,27-28H,20-21H2,(H,31,33). The summed E-state index contributed by atoms with van der Waals surface area (Å²) >= 11 is 0. The van der Waals surface area contributed by atoms with E-state index in [0.717, 1.165) is 83.2 Å². The third-order valence-corrected chi connectivity index (χ3v) is 23.0. The molecule has 3 aliphatic heterocycles. The maximum atomic E-state index is 14.4. The zero-order chi connectivity index (χ0) is 82.1. The van der Waals surface area contributed by atoms with E-state index in [1.54, 1.807) is 4.90 Å². The van der Waals surface area contributed by atoms with E-state index in [2.05, 4.69) is 252 Å². The van der Waals surface area contributed by atoms with E-state index in [0.29, 0.717) is 38.1 Å². The van der Waals surface area contributed by atoms with Crippen LogP contribution in [0.5, 0.6) is 5.75 Å². The van der Waals surface area contributed by atoms with E-state index in [9.17, 15) is 19.2 Å². The van der Waals surface area contributed by atoms with Crippen molar-refractivity contribution in [1.82, 2.24) is 20.4 Å². The number of amidine groups is 2. The van der Waals surface area contributed by atoms with Gasteiger partial charge in [0.15, 0.2) is 0 Å². The summed E-state index contributed by atoms with van der Waals surface area (Å²) in [6.07, 6.45) is 9.54. The van der Waals surface area contributed by atoms with E-state index in [1.165, 1.54) is 52.6 Å². The van der Waals surface area contributed by atoms with Gasteiger partial charge in [-0.1, -0.05) is 361 Å². The molecule has 13 heteroatoms. The van der Waals surface area contributed by atoms with Gasteiger partial charge in [-0.05, 0) is 150 Å². The van der Waals surface area contributed by atoms with Gasteiger partial charge in [-0.25, -0.2) is 0 Å². The first-order valence-electron chi connectivity index (χ1n) is 42.6. The molecule has 0 bridgehead atoms. The maximum absolute atomic E-state index is 14.4. The highest BCUT2D eigenvalue weighted by molar-refractivity contribution is 6.14. The van der Waals surface area contributed by atoms with Crippen molar-refractivity contribution in [3.63, 3.8) is 0 Å². The molecule has 4 aliphatic rings. The molecule has 0 aromatic heterocycles. The molecule has 0 spiro atoms. The fourth-order valence-corrected chi connectivity index (χ4v) is 17.2. The van der Waals surface area contributed by atoms with Crippen LogP contribution in [0.1, 0.15) is 152 Å².